The van der Waals surface area contributed by atoms with E-state index in [-0.39, 0.29) is 13.2 Å². The van der Waals surface area contributed by atoms with Crippen molar-refractivity contribution in [1.82, 2.24) is 0 Å². The van der Waals surface area contributed by atoms with Crippen molar-refractivity contribution in [2.75, 3.05) is 24.6 Å². The van der Waals surface area contributed by atoms with Crippen LogP contribution in [0.2, 0.25) is 0 Å². The normalized spacial score (nSPS) is 10.8. The second-order valence-corrected chi connectivity index (χ2v) is 3.39. The summed E-state index contributed by atoms with van der Waals surface area (Å²) >= 11 is 0. The molecule has 0 aliphatic heterocycles. The maximum Gasteiger partial charge on any atom is 0.255 e. The topological polar surface area (TPSA) is 49.5 Å². The Labute approximate surface area is 93.5 Å². The van der Waals surface area contributed by atoms with Crippen LogP contribution in [0.1, 0.15) is 5.56 Å². The van der Waals surface area contributed by atoms with Crippen LogP contribution >= 0.6 is 0 Å². The molecule has 0 aromatic heterocycles. The van der Waals surface area contributed by atoms with Crippen LogP contribution in [0.4, 0.5) is 14.5 Å². The summed E-state index contributed by atoms with van der Waals surface area (Å²) < 4.78 is 24.7. The Hall–Kier alpha value is -1.20. The molecule has 3 N–H and O–H groups in total. The van der Waals surface area contributed by atoms with Gasteiger partial charge in [-0.3, -0.25) is 0 Å². The fourth-order valence-electron chi connectivity index (χ4n) is 1.59. The fourth-order valence-corrected chi connectivity index (χ4v) is 1.59. The first kappa shape index (κ1) is 12.9. The minimum atomic E-state index is -2.43. The van der Waals surface area contributed by atoms with Gasteiger partial charge in [0.25, 0.3) is 6.43 Å². The molecule has 1 rings (SSSR count). The van der Waals surface area contributed by atoms with Gasteiger partial charge in [0.15, 0.2) is 0 Å². The summed E-state index contributed by atoms with van der Waals surface area (Å²) in [5.41, 5.74) is 7.01. The van der Waals surface area contributed by atoms with Crippen molar-refractivity contribution in [2.24, 2.45) is 5.73 Å². The van der Waals surface area contributed by atoms with E-state index >= 15 is 0 Å². The van der Waals surface area contributed by atoms with Gasteiger partial charge in [0.05, 0.1) is 13.2 Å². The number of benzene rings is 1. The van der Waals surface area contributed by atoms with Crippen molar-refractivity contribution in [1.29, 1.82) is 0 Å². The number of hydrogen-bond acceptors (Lipinski definition) is 3. The third kappa shape index (κ3) is 3.43. The molecular weight excluding hydrogens is 214 g/mol. The van der Waals surface area contributed by atoms with E-state index in [1.807, 2.05) is 6.07 Å². The molecule has 0 aliphatic rings. The highest BCUT2D eigenvalue weighted by molar-refractivity contribution is 5.53. The quantitative estimate of drug-likeness (QED) is 0.772. The molecule has 0 atom stereocenters. The lowest BCUT2D eigenvalue weighted by molar-refractivity contribution is 0.152. The zero-order chi connectivity index (χ0) is 12.0. The number of aliphatic hydroxyl groups is 1. The second-order valence-electron chi connectivity index (χ2n) is 3.39. The smallest absolute Gasteiger partial charge is 0.255 e. The maximum absolute atomic E-state index is 12.4. The predicted octanol–water partition coefficient (Wildman–Crippen LogP) is 1.21. The van der Waals surface area contributed by atoms with Gasteiger partial charge in [0, 0.05) is 18.8 Å². The first-order valence-corrected chi connectivity index (χ1v) is 5.11. The van der Waals surface area contributed by atoms with Gasteiger partial charge in [0.2, 0.25) is 0 Å². The van der Waals surface area contributed by atoms with Gasteiger partial charge >= 0.3 is 0 Å². The van der Waals surface area contributed by atoms with Crippen LogP contribution < -0.4 is 10.6 Å². The van der Waals surface area contributed by atoms with E-state index in [1.165, 1.54) is 4.90 Å². The molecule has 3 nitrogen and oxygen atoms in total. The largest absolute Gasteiger partial charge is 0.395 e. The zero-order valence-corrected chi connectivity index (χ0v) is 8.94. The molecule has 16 heavy (non-hydrogen) atoms. The van der Waals surface area contributed by atoms with Gasteiger partial charge in [-0.25, -0.2) is 8.78 Å². The van der Waals surface area contributed by atoms with Crippen molar-refractivity contribution in [2.45, 2.75) is 13.0 Å². The van der Waals surface area contributed by atoms with E-state index in [2.05, 4.69) is 0 Å². The average molecular weight is 230 g/mol. The molecule has 1 aromatic rings. The average Bonchev–Trinajstić information content (AvgIpc) is 2.28. The minimum Gasteiger partial charge on any atom is -0.395 e. The zero-order valence-electron chi connectivity index (χ0n) is 8.94. The van der Waals surface area contributed by atoms with Gasteiger partial charge in [0.1, 0.15) is 0 Å². The first-order chi connectivity index (χ1) is 7.69. The summed E-state index contributed by atoms with van der Waals surface area (Å²) in [5.74, 6) is 0. The number of aliphatic hydroxyl groups excluding tert-OH is 1. The Morgan fingerprint density at radius 2 is 2.00 bits per heavy atom. The lowest BCUT2D eigenvalue weighted by atomic mass is 10.1. The maximum atomic E-state index is 12.4. The van der Waals surface area contributed by atoms with Gasteiger partial charge < -0.3 is 15.7 Å². The number of anilines is 1. The predicted molar refractivity (Wildman–Crippen MR) is 59.6 cm³/mol. The molecule has 0 amide bonds. The molecule has 0 aliphatic carbocycles. The van der Waals surface area contributed by atoms with E-state index in [0.717, 1.165) is 5.56 Å². The Morgan fingerprint density at radius 3 is 2.56 bits per heavy atom. The summed E-state index contributed by atoms with van der Waals surface area (Å²) in [4.78, 5) is 1.45. The Morgan fingerprint density at radius 1 is 1.31 bits per heavy atom. The molecule has 0 saturated heterocycles. The number of nitrogens with two attached hydrogens (primary N) is 1. The Kier molecular flexibility index (Phi) is 5.14. The lowest BCUT2D eigenvalue weighted by Crippen LogP contribution is -2.32. The summed E-state index contributed by atoms with van der Waals surface area (Å²) in [6.07, 6.45) is -2.43. The number of alkyl halides is 2. The van der Waals surface area contributed by atoms with E-state index in [4.69, 9.17) is 10.8 Å². The van der Waals surface area contributed by atoms with Gasteiger partial charge in [-0.15, -0.1) is 0 Å². The van der Waals surface area contributed by atoms with Crippen LogP contribution in [0.3, 0.4) is 0 Å². The molecule has 0 fully saturated rings. The standard InChI is InChI=1S/C11H16F2N2O/c12-11(13)8-15(5-6-16)10-4-2-1-3-9(10)7-14/h1-4,11,16H,5-8,14H2. The molecule has 0 radical (unpaired) electrons. The van der Waals surface area contributed by atoms with Crippen molar-refractivity contribution >= 4 is 5.69 Å². The van der Waals surface area contributed by atoms with Crippen molar-refractivity contribution in [3.05, 3.63) is 29.8 Å². The van der Waals surface area contributed by atoms with Crippen LogP contribution in [-0.2, 0) is 6.54 Å². The van der Waals surface area contributed by atoms with Crippen LogP contribution in [-0.4, -0.2) is 31.2 Å². The van der Waals surface area contributed by atoms with Crippen LogP contribution in [0.5, 0.6) is 0 Å². The first-order valence-electron chi connectivity index (χ1n) is 5.11. The highest BCUT2D eigenvalue weighted by Gasteiger charge is 2.14. The molecule has 0 heterocycles. The molecule has 0 bridgehead atoms. The van der Waals surface area contributed by atoms with E-state index in [9.17, 15) is 8.78 Å². The summed E-state index contributed by atoms with van der Waals surface area (Å²) in [6.45, 7) is -0.0775. The second kappa shape index (κ2) is 6.40. The Bertz CT molecular complexity index is 321. The molecule has 0 unspecified atom stereocenters. The minimum absolute atomic E-state index is 0.161. The van der Waals surface area contributed by atoms with Crippen molar-refractivity contribution in [3.8, 4) is 0 Å². The lowest BCUT2D eigenvalue weighted by Gasteiger charge is -2.25. The number of hydrogen-bond donors (Lipinski definition) is 2. The molecule has 5 heteroatoms. The fraction of sp³-hybridized carbons (Fsp3) is 0.455. The molecule has 1 aromatic carbocycles. The number of nitrogens with zero attached hydrogens (tertiary/aromatic N) is 1. The third-order valence-electron chi connectivity index (χ3n) is 2.28. The number of rotatable bonds is 6. The van der Waals surface area contributed by atoms with Crippen LogP contribution in [0.15, 0.2) is 24.3 Å². The van der Waals surface area contributed by atoms with Crippen molar-refractivity contribution < 1.29 is 13.9 Å². The highest BCUT2D eigenvalue weighted by Crippen LogP contribution is 2.20. The molecule has 0 spiro atoms. The monoisotopic (exact) mass is 230 g/mol. The SMILES string of the molecule is NCc1ccccc1N(CCO)CC(F)F. The van der Waals surface area contributed by atoms with Crippen LogP contribution in [0, 0.1) is 0 Å². The van der Waals surface area contributed by atoms with Crippen molar-refractivity contribution in [3.63, 3.8) is 0 Å². The summed E-state index contributed by atoms with van der Waals surface area (Å²) in [5, 5.41) is 8.86. The van der Waals surface area contributed by atoms with Crippen LogP contribution in [0.25, 0.3) is 0 Å². The van der Waals surface area contributed by atoms with E-state index in [0.29, 0.717) is 12.2 Å². The summed E-state index contributed by atoms with van der Waals surface area (Å²) in [6, 6.07) is 7.11. The molecule has 90 valence electrons. The Balaban J connectivity index is 2.90. The van der Waals surface area contributed by atoms with Gasteiger partial charge in [-0.2, -0.15) is 0 Å². The third-order valence-corrected chi connectivity index (χ3v) is 2.28. The molecule has 0 saturated carbocycles. The van der Waals surface area contributed by atoms with E-state index in [1.54, 1.807) is 18.2 Å². The van der Waals surface area contributed by atoms with Gasteiger partial charge in [-0.1, -0.05) is 18.2 Å². The number of para-hydroxylation sites is 1. The molecular formula is C11H16F2N2O. The van der Waals surface area contributed by atoms with Gasteiger partial charge in [-0.05, 0) is 11.6 Å². The highest BCUT2D eigenvalue weighted by atomic mass is 19.3. The van der Waals surface area contributed by atoms with E-state index < -0.39 is 13.0 Å². The number of halogens is 2. The summed E-state index contributed by atoms with van der Waals surface area (Å²) in [7, 11) is 0.